The Morgan fingerprint density at radius 1 is 1.19 bits per heavy atom. The van der Waals surface area contributed by atoms with E-state index in [1.54, 1.807) is 30.3 Å². The SMILES string of the molecule is C#Cc1c(F)ccc2cc(O)cc(N3CCc4c(nc(OC[C@]5(C)C[C@@H](F)CN5c5ccc(F)cc5)nc4N(C)C[C@@H]4CCCN4C(=O)C=C)C3)c12. The van der Waals surface area contributed by atoms with Crippen molar-refractivity contribution in [3.05, 3.63) is 89.6 Å². The van der Waals surface area contributed by atoms with Gasteiger partial charge >= 0.3 is 6.01 Å². The third-order valence-corrected chi connectivity index (χ3v) is 10.6. The number of likely N-dealkylation sites (tertiary alicyclic amines) is 1. The highest BCUT2D eigenvalue weighted by molar-refractivity contribution is 6.00. The third kappa shape index (κ3) is 6.56. The van der Waals surface area contributed by atoms with Gasteiger partial charge in [-0.05, 0) is 74.0 Å². The van der Waals surface area contributed by atoms with E-state index < -0.39 is 17.5 Å². The van der Waals surface area contributed by atoms with Gasteiger partial charge in [-0.3, -0.25) is 4.79 Å². The van der Waals surface area contributed by atoms with E-state index in [0.717, 1.165) is 18.4 Å². The number of hydrogen-bond acceptors (Lipinski definition) is 8. The first-order valence-electron chi connectivity index (χ1n) is 17.5. The Morgan fingerprint density at radius 3 is 2.73 bits per heavy atom. The van der Waals surface area contributed by atoms with Crippen molar-refractivity contribution in [3.8, 4) is 24.1 Å². The van der Waals surface area contributed by atoms with E-state index in [-0.39, 0.29) is 61.2 Å². The number of benzene rings is 3. The molecule has 9 nitrogen and oxygen atoms in total. The minimum atomic E-state index is -1.11. The number of hydrogen-bond donors (Lipinski definition) is 1. The molecule has 0 spiro atoms. The monoisotopic (exact) mass is 710 g/mol. The minimum absolute atomic E-state index is 0.0203. The van der Waals surface area contributed by atoms with Gasteiger partial charge in [0.15, 0.2) is 0 Å². The Kier molecular flexibility index (Phi) is 9.38. The molecule has 4 aromatic rings. The van der Waals surface area contributed by atoms with E-state index in [9.17, 15) is 23.1 Å². The van der Waals surface area contributed by atoms with Crippen LogP contribution in [0.4, 0.5) is 30.4 Å². The van der Waals surface area contributed by atoms with E-state index in [2.05, 4.69) is 12.5 Å². The number of halogens is 3. The van der Waals surface area contributed by atoms with Gasteiger partial charge in [0.2, 0.25) is 5.91 Å². The molecule has 0 radical (unpaired) electrons. The Hall–Kier alpha value is -5.44. The number of aromatic hydroxyl groups is 1. The Bertz CT molecular complexity index is 2070. The lowest BCUT2D eigenvalue weighted by molar-refractivity contribution is -0.126. The maximum absolute atomic E-state index is 15.0. The molecule has 1 aromatic heterocycles. The lowest BCUT2D eigenvalue weighted by Crippen LogP contribution is -2.46. The second kappa shape index (κ2) is 13.9. The number of carbonyl (C=O) groups excluding carboxylic acids is 1. The van der Waals surface area contributed by atoms with Gasteiger partial charge in [-0.25, -0.2) is 13.2 Å². The number of phenols is 1. The van der Waals surface area contributed by atoms with E-state index in [0.29, 0.717) is 59.7 Å². The number of rotatable bonds is 9. The number of fused-ring (bicyclic) bond motifs is 2. The van der Waals surface area contributed by atoms with Crippen molar-refractivity contribution in [2.45, 2.75) is 56.9 Å². The summed E-state index contributed by atoms with van der Waals surface area (Å²) in [4.78, 5) is 30.2. The molecule has 3 aromatic carbocycles. The molecule has 2 saturated heterocycles. The van der Waals surface area contributed by atoms with Crippen molar-refractivity contribution in [1.29, 1.82) is 0 Å². The van der Waals surface area contributed by atoms with E-state index in [1.807, 2.05) is 33.6 Å². The fourth-order valence-electron chi connectivity index (χ4n) is 8.07. The van der Waals surface area contributed by atoms with Crippen molar-refractivity contribution in [2.75, 3.05) is 54.5 Å². The standard InChI is InChI=1S/C40H41F3N6O3/c1-5-31-33(43)14-9-25-18-30(50)19-35(37(25)31)47-17-15-32-34(23-47)44-39(45-38(32)46(4)22-29-8-7-16-48(29)36(51)6-2)52-24-40(3)20-27(42)21-49(40)28-12-10-26(41)11-13-28/h1,6,9-14,18-19,27,29,50H,2,7-8,15-17,20-24H2,3-4H3/t27-,29+,40+/m1/s1. The Balaban J connectivity index is 1.24. The minimum Gasteiger partial charge on any atom is -0.508 e. The Labute approximate surface area is 301 Å². The summed E-state index contributed by atoms with van der Waals surface area (Å²) in [6.45, 7) is 7.74. The van der Waals surface area contributed by atoms with Crippen LogP contribution in [0.5, 0.6) is 11.8 Å². The number of amides is 1. The molecule has 0 bridgehead atoms. The highest BCUT2D eigenvalue weighted by atomic mass is 19.1. The lowest BCUT2D eigenvalue weighted by atomic mass is 9.98. The fourth-order valence-corrected chi connectivity index (χ4v) is 8.07. The quantitative estimate of drug-likeness (QED) is 0.164. The van der Waals surface area contributed by atoms with Gasteiger partial charge in [-0.2, -0.15) is 9.97 Å². The van der Waals surface area contributed by atoms with Crippen LogP contribution in [0, 0.1) is 24.0 Å². The van der Waals surface area contributed by atoms with Crippen LogP contribution in [0.25, 0.3) is 10.8 Å². The smallest absolute Gasteiger partial charge is 0.318 e. The lowest BCUT2D eigenvalue weighted by Gasteiger charge is -2.37. The molecular weight excluding hydrogens is 669 g/mol. The number of aromatic nitrogens is 2. The maximum Gasteiger partial charge on any atom is 0.318 e. The molecule has 1 N–H and O–H groups in total. The van der Waals surface area contributed by atoms with Crippen LogP contribution in [0.2, 0.25) is 0 Å². The van der Waals surface area contributed by atoms with E-state index in [1.165, 1.54) is 24.3 Å². The van der Waals surface area contributed by atoms with Crippen LogP contribution < -0.4 is 19.4 Å². The van der Waals surface area contributed by atoms with Crippen LogP contribution in [0.15, 0.2) is 61.2 Å². The number of nitrogens with zero attached hydrogens (tertiary/aromatic N) is 6. The molecule has 2 fully saturated rings. The average molecular weight is 711 g/mol. The zero-order valence-electron chi connectivity index (χ0n) is 29.3. The molecule has 270 valence electrons. The average Bonchev–Trinajstić information content (AvgIpc) is 3.72. The Morgan fingerprint density at radius 2 is 1.98 bits per heavy atom. The summed E-state index contributed by atoms with van der Waals surface area (Å²) in [7, 11) is 1.93. The van der Waals surface area contributed by atoms with Crippen molar-refractivity contribution in [2.24, 2.45) is 0 Å². The summed E-state index contributed by atoms with van der Waals surface area (Å²) in [6.07, 6.45) is 8.46. The molecule has 3 aliphatic heterocycles. The first-order chi connectivity index (χ1) is 25.0. The highest BCUT2D eigenvalue weighted by Crippen LogP contribution is 2.40. The van der Waals surface area contributed by atoms with Gasteiger partial charge in [-0.15, -0.1) is 6.42 Å². The van der Waals surface area contributed by atoms with Crippen LogP contribution in [-0.4, -0.2) is 83.5 Å². The molecule has 0 saturated carbocycles. The van der Waals surface area contributed by atoms with Crippen molar-refractivity contribution >= 4 is 33.9 Å². The second-order valence-electron chi connectivity index (χ2n) is 14.1. The van der Waals surface area contributed by atoms with Crippen LogP contribution in [-0.2, 0) is 17.8 Å². The number of terminal acetylenes is 1. The van der Waals surface area contributed by atoms with E-state index >= 15 is 0 Å². The number of likely N-dealkylation sites (N-methyl/N-ethyl adjacent to an activating group) is 1. The molecule has 1 amide bonds. The first kappa shape index (κ1) is 35.0. The molecule has 12 heteroatoms. The molecular formula is C40H41F3N6O3. The van der Waals surface area contributed by atoms with Crippen LogP contribution >= 0.6 is 0 Å². The van der Waals surface area contributed by atoms with Gasteiger partial charge in [0, 0.05) is 74.1 Å². The summed E-state index contributed by atoms with van der Waals surface area (Å²) in [6, 6.07) is 12.1. The summed E-state index contributed by atoms with van der Waals surface area (Å²) in [5.41, 5.74) is 2.18. The van der Waals surface area contributed by atoms with Gasteiger partial charge in [-0.1, -0.05) is 18.6 Å². The predicted molar refractivity (Wildman–Crippen MR) is 196 cm³/mol. The molecule has 7 rings (SSSR count). The number of alkyl halides is 1. The van der Waals surface area contributed by atoms with Crippen molar-refractivity contribution in [3.63, 3.8) is 0 Å². The molecule has 52 heavy (non-hydrogen) atoms. The number of carbonyl (C=O) groups is 1. The van der Waals surface area contributed by atoms with E-state index in [4.69, 9.17) is 21.1 Å². The van der Waals surface area contributed by atoms with Crippen molar-refractivity contribution in [1.82, 2.24) is 14.9 Å². The maximum atomic E-state index is 15.0. The van der Waals surface area contributed by atoms with Crippen LogP contribution in [0.3, 0.4) is 0 Å². The molecule has 0 aliphatic carbocycles. The number of anilines is 3. The predicted octanol–water partition coefficient (Wildman–Crippen LogP) is 6.16. The fraction of sp³-hybridized carbons (Fsp3) is 0.375. The summed E-state index contributed by atoms with van der Waals surface area (Å²) < 4.78 is 50.0. The van der Waals surface area contributed by atoms with Gasteiger partial charge < -0.3 is 29.4 Å². The largest absolute Gasteiger partial charge is 0.508 e. The normalized spacial score (nSPS) is 21.3. The topological polar surface area (TPSA) is 85.3 Å². The summed E-state index contributed by atoms with van der Waals surface area (Å²) >= 11 is 0. The highest BCUT2D eigenvalue weighted by Gasteiger charge is 2.43. The zero-order chi connectivity index (χ0) is 36.7. The zero-order valence-corrected chi connectivity index (χ0v) is 29.3. The second-order valence-corrected chi connectivity index (χ2v) is 14.1. The number of ether oxygens (including phenoxy) is 1. The third-order valence-electron chi connectivity index (χ3n) is 10.6. The molecule has 4 heterocycles. The summed E-state index contributed by atoms with van der Waals surface area (Å²) in [5.74, 6) is 2.16. The molecule has 3 aliphatic rings. The molecule has 0 unspecified atom stereocenters. The van der Waals surface area contributed by atoms with Crippen molar-refractivity contribution < 1.29 is 27.8 Å². The summed E-state index contributed by atoms with van der Waals surface area (Å²) in [5, 5.41) is 11.8. The number of phenolic OH excluding ortho intramolecular Hbond substituents is 1. The van der Waals surface area contributed by atoms with Gasteiger partial charge in [0.1, 0.15) is 36.0 Å². The van der Waals surface area contributed by atoms with Gasteiger partial charge in [0.05, 0.1) is 23.3 Å². The first-order valence-corrected chi connectivity index (χ1v) is 17.5. The molecule has 3 atom stereocenters. The van der Waals surface area contributed by atoms with Gasteiger partial charge in [0.25, 0.3) is 0 Å². The van der Waals surface area contributed by atoms with Crippen LogP contribution in [0.1, 0.15) is 43.0 Å².